The Balaban J connectivity index is 2.05. The van der Waals surface area contributed by atoms with Crippen molar-refractivity contribution in [2.75, 3.05) is 46.4 Å². The van der Waals surface area contributed by atoms with Gasteiger partial charge in [0.2, 0.25) is 5.91 Å². The predicted octanol–water partition coefficient (Wildman–Crippen LogP) is 2.11. The summed E-state index contributed by atoms with van der Waals surface area (Å²) in [6.45, 7) is 10.8. The molecule has 1 aromatic rings. The van der Waals surface area contributed by atoms with Crippen molar-refractivity contribution in [1.82, 2.24) is 15.1 Å². The molecule has 0 unspecified atom stereocenters. The topological polar surface area (TPSA) is 66.4 Å². The molecule has 0 atom stereocenters. The fraction of sp³-hybridized carbons (Fsp3) is 0.600. The average Bonchev–Trinajstić information content (AvgIpc) is 2.69. The van der Waals surface area contributed by atoms with E-state index in [9.17, 15) is 4.79 Å². The van der Waals surface area contributed by atoms with Crippen molar-refractivity contribution in [2.45, 2.75) is 33.7 Å². The van der Waals surface area contributed by atoms with Crippen LogP contribution in [0, 0.1) is 0 Å². The van der Waals surface area contributed by atoms with Gasteiger partial charge in [-0.15, -0.1) is 0 Å². The van der Waals surface area contributed by atoms with Crippen LogP contribution in [0.1, 0.15) is 32.8 Å². The maximum atomic E-state index is 11.5. The number of amides is 1. The number of benzene rings is 1. The van der Waals surface area contributed by atoms with Gasteiger partial charge in [-0.25, -0.2) is 4.99 Å². The zero-order chi connectivity index (χ0) is 19.6. The summed E-state index contributed by atoms with van der Waals surface area (Å²) in [4.78, 5) is 20.4. The third-order valence-electron chi connectivity index (χ3n) is 4.46. The molecule has 150 valence electrons. The van der Waals surface area contributed by atoms with Crippen molar-refractivity contribution >= 4 is 11.9 Å². The van der Waals surface area contributed by atoms with Crippen molar-refractivity contribution in [3.63, 3.8) is 0 Å². The van der Waals surface area contributed by atoms with Crippen LogP contribution in [0.15, 0.2) is 23.2 Å². The Bertz CT molecular complexity index is 640. The highest BCUT2D eigenvalue weighted by Crippen LogP contribution is 2.28. The van der Waals surface area contributed by atoms with Crippen molar-refractivity contribution < 1.29 is 14.3 Å². The molecule has 1 aliphatic rings. The van der Waals surface area contributed by atoms with Gasteiger partial charge in [0.05, 0.1) is 20.3 Å². The third kappa shape index (κ3) is 6.05. The van der Waals surface area contributed by atoms with Crippen LogP contribution in [0.3, 0.4) is 0 Å². The number of aliphatic imine (C=N–C) groups is 1. The van der Waals surface area contributed by atoms with Crippen LogP contribution >= 0.6 is 0 Å². The Morgan fingerprint density at radius 3 is 2.44 bits per heavy atom. The molecule has 1 N–H and O–H groups in total. The molecule has 1 saturated heterocycles. The molecule has 0 aliphatic carbocycles. The number of rotatable bonds is 7. The SMILES string of the molecule is CCCOc1ccc(CN=C(NCC)N2CCN(C(C)=O)CC2)cc1OC. The average molecular weight is 377 g/mol. The van der Waals surface area contributed by atoms with E-state index in [0.717, 1.165) is 62.2 Å². The van der Waals surface area contributed by atoms with E-state index in [1.54, 1.807) is 14.0 Å². The first kappa shape index (κ1) is 20.9. The van der Waals surface area contributed by atoms with Crippen LogP contribution in [0.4, 0.5) is 0 Å². The minimum Gasteiger partial charge on any atom is -0.493 e. The zero-order valence-electron chi connectivity index (χ0n) is 17.0. The van der Waals surface area contributed by atoms with E-state index in [1.807, 2.05) is 23.1 Å². The Morgan fingerprint density at radius 1 is 1.15 bits per heavy atom. The Morgan fingerprint density at radius 2 is 1.85 bits per heavy atom. The van der Waals surface area contributed by atoms with Gasteiger partial charge in [0.1, 0.15) is 0 Å². The summed E-state index contributed by atoms with van der Waals surface area (Å²) in [5, 5.41) is 3.35. The molecule has 7 heteroatoms. The normalized spacial score (nSPS) is 14.9. The molecule has 27 heavy (non-hydrogen) atoms. The summed E-state index contributed by atoms with van der Waals surface area (Å²) in [5.41, 5.74) is 1.06. The number of ether oxygens (including phenoxy) is 2. The summed E-state index contributed by atoms with van der Waals surface area (Å²) in [5.74, 6) is 2.51. The number of piperazine rings is 1. The van der Waals surface area contributed by atoms with E-state index in [1.165, 1.54) is 0 Å². The lowest BCUT2D eigenvalue weighted by atomic mass is 10.2. The summed E-state index contributed by atoms with van der Waals surface area (Å²) < 4.78 is 11.2. The highest BCUT2D eigenvalue weighted by molar-refractivity contribution is 5.80. The molecule has 0 aromatic heterocycles. The van der Waals surface area contributed by atoms with Crippen LogP contribution in [-0.2, 0) is 11.3 Å². The van der Waals surface area contributed by atoms with Gasteiger partial charge >= 0.3 is 0 Å². The van der Waals surface area contributed by atoms with Crippen LogP contribution in [0.5, 0.6) is 11.5 Å². The molecule has 1 aliphatic heterocycles. The first-order valence-corrected chi connectivity index (χ1v) is 9.67. The molecule has 1 heterocycles. The van der Waals surface area contributed by atoms with Gasteiger partial charge in [-0.1, -0.05) is 13.0 Å². The van der Waals surface area contributed by atoms with Crippen molar-refractivity contribution in [3.05, 3.63) is 23.8 Å². The molecule has 1 aromatic carbocycles. The lowest BCUT2D eigenvalue weighted by molar-refractivity contribution is -0.130. The Labute approximate surface area is 162 Å². The summed E-state index contributed by atoms with van der Waals surface area (Å²) in [7, 11) is 1.65. The van der Waals surface area contributed by atoms with E-state index in [-0.39, 0.29) is 5.91 Å². The van der Waals surface area contributed by atoms with Gasteiger partial charge in [-0.05, 0) is 31.0 Å². The molecular formula is C20H32N4O3. The third-order valence-corrected chi connectivity index (χ3v) is 4.46. The molecule has 7 nitrogen and oxygen atoms in total. The van der Waals surface area contributed by atoms with Crippen molar-refractivity contribution in [2.24, 2.45) is 4.99 Å². The van der Waals surface area contributed by atoms with Crippen LogP contribution in [0.25, 0.3) is 0 Å². The van der Waals surface area contributed by atoms with E-state index in [4.69, 9.17) is 14.5 Å². The minimum atomic E-state index is 0.133. The van der Waals surface area contributed by atoms with Gasteiger partial charge < -0.3 is 24.6 Å². The quantitative estimate of drug-likeness (QED) is 0.583. The summed E-state index contributed by atoms with van der Waals surface area (Å²) in [6.07, 6.45) is 0.956. The van der Waals surface area contributed by atoms with Crippen LogP contribution in [-0.4, -0.2) is 68.1 Å². The van der Waals surface area contributed by atoms with Crippen molar-refractivity contribution in [1.29, 1.82) is 0 Å². The highest BCUT2D eigenvalue weighted by atomic mass is 16.5. The first-order chi connectivity index (χ1) is 13.1. The number of carbonyl (C=O) groups is 1. The number of guanidine groups is 1. The predicted molar refractivity (Wildman–Crippen MR) is 107 cm³/mol. The van der Waals surface area contributed by atoms with Crippen molar-refractivity contribution in [3.8, 4) is 11.5 Å². The number of nitrogens with one attached hydrogen (secondary N) is 1. The number of carbonyl (C=O) groups excluding carboxylic acids is 1. The monoisotopic (exact) mass is 376 g/mol. The summed E-state index contributed by atoms with van der Waals surface area (Å²) in [6, 6.07) is 5.94. The molecule has 0 saturated carbocycles. The van der Waals surface area contributed by atoms with E-state index in [0.29, 0.717) is 13.2 Å². The maximum absolute atomic E-state index is 11.5. The standard InChI is InChI=1S/C20H32N4O3/c1-5-13-27-18-8-7-17(14-19(18)26-4)15-22-20(21-6-2)24-11-9-23(10-12-24)16(3)25/h7-8,14H,5-6,9-13,15H2,1-4H3,(H,21,22). The van der Waals surface area contributed by atoms with Gasteiger partial charge in [0, 0.05) is 39.6 Å². The largest absolute Gasteiger partial charge is 0.493 e. The second kappa shape index (κ2) is 10.6. The maximum Gasteiger partial charge on any atom is 0.219 e. The second-order valence-electron chi connectivity index (χ2n) is 6.50. The highest BCUT2D eigenvalue weighted by Gasteiger charge is 2.20. The van der Waals surface area contributed by atoms with E-state index >= 15 is 0 Å². The molecule has 0 radical (unpaired) electrons. The smallest absolute Gasteiger partial charge is 0.219 e. The molecular weight excluding hydrogens is 344 g/mol. The van der Waals surface area contributed by atoms with E-state index in [2.05, 4.69) is 24.1 Å². The zero-order valence-corrected chi connectivity index (χ0v) is 17.0. The summed E-state index contributed by atoms with van der Waals surface area (Å²) >= 11 is 0. The first-order valence-electron chi connectivity index (χ1n) is 9.67. The lowest BCUT2D eigenvalue weighted by Crippen LogP contribution is -2.53. The number of hydrogen-bond donors (Lipinski definition) is 1. The molecule has 2 rings (SSSR count). The van der Waals surface area contributed by atoms with Crippen LogP contribution < -0.4 is 14.8 Å². The van der Waals surface area contributed by atoms with Gasteiger partial charge in [0.15, 0.2) is 17.5 Å². The minimum absolute atomic E-state index is 0.133. The van der Waals surface area contributed by atoms with Gasteiger partial charge in [-0.3, -0.25) is 4.79 Å². The van der Waals surface area contributed by atoms with E-state index < -0.39 is 0 Å². The second-order valence-corrected chi connectivity index (χ2v) is 6.50. The molecule has 0 bridgehead atoms. The van der Waals surface area contributed by atoms with Crippen LogP contribution in [0.2, 0.25) is 0 Å². The molecule has 1 amide bonds. The lowest BCUT2D eigenvalue weighted by Gasteiger charge is -2.36. The Hall–Kier alpha value is -2.44. The fourth-order valence-corrected chi connectivity index (χ4v) is 2.97. The molecule has 1 fully saturated rings. The number of methoxy groups -OCH3 is 1. The molecule has 0 spiro atoms. The number of nitrogens with zero attached hydrogens (tertiary/aromatic N) is 3. The fourth-order valence-electron chi connectivity index (χ4n) is 2.97. The van der Waals surface area contributed by atoms with Gasteiger partial charge in [0.25, 0.3) is 0 Å². The van der Waals surface area contributed by atoms with Gasteiger partial charge in [-0.2, -0.15) is 0 Å². The number of hydrogen-bond acceptors (Lipinski definition) is 4. The Kier molecular flexibility index (Phi) is 8.23.